The molecule has 2 aromatic rings. The molecule has 0 fully saturated rings. The van der Waals surface area contributed by atoms with Crippen molar-refractivity contribution in [3.8, 4) is 11.5 Å². The van der Waals surface area contributed by atoms with Crippen LogP contribution in [-0.4, -0.2) is 43.4 Å². The van der Waals surface area contributed by atoms with E-state index in [0.29, 0.717) is 22.7 Å². The summed E-state index contributed by atoms with van der Waals surface area (Å²) < 4.78 is 10.5. The Labute approximate surface area is 170 Å². The number of carbonyl (C=O) groups is 1. The Bertz CT molecular complexity index is 1040. The first-order chi connectivity index (χ1) is 14.1. The van der Waals surface area contributed by atoms with Crippen LogP contribution in [0.1, 0.15) is 22.8 Å². The monoisotopic (exact) mass is 389 g/mol. The van der Waals surface area contributed by atoms with E-state index in [1.807, 2.05) is 24.3 Å². The first kappa shape index (κ1) is 18.8. The highest BCUT2D eigenvalue weighted by atomic mass is 16.5. The van der Waals surface area contributed by atoms with Crippen molar-refractivity contribution < 1.29 is 14.3 Å². The van der Waals surface area contributed by atoms with Gasteiger partial charge in [0.25, 0.3) is 5.91 Å². The molecule has 2 aliphatic heterocycles. The molecule has 0 saturated carbocycles. The van der Waals surface area contributed by atoms with Crippen LogP contribution in [0.4, 0.5) is 5.69 Å². The van der Waals surface area contributed by atoms with Gasteiger partial charge in [-0.15, -0.1) is 0 Å². The standard InChI is InChI=1S/C23H23N3O3/c1-15-9-10-26-14-20(25-22(26)11-15)16-5-4-6-17(12-16)24-23(27)19-8-7-18(28-2)13-21(19)29-3/h4-13,22H,14H2,1-3H3,(H,24,27). The minimum atomic E-state index is -0.242. The zero-order valence-electron chi connectivity index (χ0n) is 16.7. The molecule has 1 amide bonds. The summed E-state index contributed by atoms with van der Waals surface area (Å²) in [6.45, 7) is 2.82. The maximum Gasteiger partial charge on any atom is 0.259 e. The number of anilines is 1. The number of methoxy groups -OCH3 is 2. The van der Waals surface area contributed by atoms with Gasteiger partial charge in [0.05, 0.1) is 32.0 Å². The molecular weight excluding hydrogens is 366 g/mol. The first-order valence-electron chi connectivity index (χ1n) is 9.40. The average molecular weight is 389 g/mol. The molecule has 6 nitrogen and oxygen atoms in total. The van der Waals surface area contributed by atoms with Crippen LogP contribution in [0.3, 0.4) is 0 Å². The Morgan fingerprint density at radius 3 is 2.83 bits per heavy atom. The second-order valence-corrected chi connectivity index (χ2v) is 6.99. The Kier molecular flexibility index (Phi) is 5.08. The molecule has 1 atom stereocenters. The molecule has 4 rings (SSSR count). The van der Waals surface area contributed by atoms with E-state index < -0.39 is 0 Å². The molecule has 0 bridgehead atoms. The van der Waals surface area contributed by atoms with Gasteiger partial charge in [0.2, 0.25) is 0 Å². The normalized spacial score (nSPS) is 17.3. The van der Waals surface area contributed by atoms with Crippen LogP contribution in [0.25, 0.3) is 0 Å². The number of nitrogens with zero attached hydrogens (tertiary/aromatic N) is 2. The molecule has 0 spiro atoms. The summed E-state index contributed by atoms with van der Waals surface area (Å²) in [5.74, 6) is 0.854. The van der Waals surface area contributed by atoms with Crippen molar-refractivity contribution in [2.75, 3.05) is 26.1 Å². The van der Waals surface area contributed by atoms with Gasteiger partial charge in [-0.25, -0.2) is 0 Å². The smallest absolute Gasteiger partial charge is 0.259 e. The molecule has 29 heavy (non-hydrogen) atoms. The van der Waals surface area contributed by atoms with Crippen molar-refractivity contribution in [3.63, 3.8) is 0 Å². The van der Waals surface area contributed by atoms with Gasteiger partial charge in [-0.3, -0.25) is 9.79 Å². The van der Waals surface area contributed by atoms with Crippen LogP contribution in [0, 0.1) is 0 Å². The molecular formula is C23H23N3O3. The maximum absolute atomic E-state index is 12.8. The quantitative estimate of drug-likeness (QED) is 0.843. The zero-order chi connectivity index (χ0) is 20.4. The summed E-state index contributed by atoms with van der Waals surface area (Å²) in [7, 11) is 3.11. The Hall–Kier alpha value is -3.54. The Balaban J connectivity index is 1.54. The fraction of sp³-hybridized carbons (Fsp3) is 0.217. The number of hydrogen-bond donors (Lipinski definition) is 1. The van der Waals surface area contributed by atoms with E-state index in [9.17, 15) is 4.79 Å². The summed E-state index contributed by atoms with van der Waals surface area (Å²) in [6, 6.07) is 12.9. The summed E-state index contributed by atoms with van der Waals surface area (Å²) in [5.41, 5.74) is 4.37. The molecule has 0 saturated heterocycles. The maximum atomic E-state index is 12.8. The van der Waals surface area contributed by atoms with Gasteiger partial charge < -0.3 is 19.7 Å². The van der Waals surface area contributed by atoms with Crippen molar-refractivity contribution in [2.45, 2.75) is 13.1 Å². The number of allylic oxidation sites excluding steroid dienone is 2. The van der Waals surface area contributed by atoms with E-state index in [2.05, 4.69) is 35.5 Å². The molecule has 148 valence electrons. The number of benzene rings is 2. The zero-order valence-corrected chi connectivity index (χ0v) is 16.7. The van der Waals surface area contributed by atoms with Gasteiger partial charge >= 0.3 is 0 Å². The summed E-state index contributed by atoms with van der Waals surface area (Å²) in [6.07, 6.45) is 6.37. The highest BCUT2D eigenvalue weighted by Gasteiger charge is 2.25. The predicted octanol–water partition coefficient (Wildman–Crippen LogP) is 3.86. The van der Waals surface area contributed by atoms with Gasteiger partial charge in [0.1, 0.15) is 17.7 Å². The average Bonchev–Trinajstić information content (AvgIpc) is 3.16. The van der Waals surface area contributed by atoms with E-state index in [4.69, 9.17) is 14.5 Å². The van der Waals surface area contributed by atoms with Gasteiger partial charge in [-0.05, 0) is 54.5 Å². The van der Waals surface area contributed by atoms with Crippen LogP contribution < -0.4 is 14.8 Å². The molecule has 2 aromatic carbocycles. The molecule has 2 aliphatic rings. The summed E-state index contributed by atoms with van der Waals surface area (Å²) in [5, 5.41) is 2.95. The van der Waals surface area contributed by atoms with Gasteiger partial charge in [-0.2, -0.15) is 0 Å². The second-order valence-electron chi connectivity index (χ2n) is 6.99. The number of nitrogens with one attached hydrogen (secondary N) is 1. The third kappa shape index (κ3) is 3.87. The lowest BCUT2D eigenvalue weighted by Crippen LogP contribution is -2.26. The number of amides is 1. The van der Waals surface area contributed by atoms with E-state index >= 15 is 0 Å². The summed E-state index contributed by atoms with van der Waals surface area (Å²) in [4.78, 5) is 19.8. The molecule has 2 heterocycles. The number of rotatable bonds is 5. The SMILES string of the molecule is COc1ccc(C(=O)Nc2cccc(C3=NC4C=C(C)C=CN4C3)c2)c(OC)c1. The molecule has 0 aromatic heterocycles. The fourth-order valence-electron chi connectivity index (χ4n) is 3.45. The number of carbonyl (C=O) groups excluding carboxylic acids is 1. The first-order valence-corrected chi connectivity index (χ1v) is 9.40. The highest BCUT2D eigenvalue weighted by Crippen LogP contribution is 2.26. The van der Waals surface area contributed by atoms with Gasteiger partial charge in [0.15, 0.2) is 0 Å². The van der Waals surface area contributed by atoms with E-state index in [-0.39, 0.29) is 12.1 Å². The minimum Gasteiger partial charge on any atom is -0.497 e. The van der Waals surface area contributed by atoms with Crippen LogP contribution in [-0.2, 0) is 0 Å². The van der Waals surface area contributed by atoms with E-state index in [0.717, 1.165) is 17.8 Å². The minimum absolute atomic E-state index is 0.0526. The van der Waals surface area contributed by atoms with Crippen molar-refractivity contribution in [2.24, 2.45) is 4.99 Å². The number of fused-ring (bicyclic) bond motifs is 1. The second kappa shape index (κ2) is 7.83. The lowest BCUT2D eigenvalue weighted by molar-refractivity contribution is 0.102. The third-order valence-corrected chi connectivity index (χ3v) is 5.01. The van der Waals surface area contributed by atoms with E-state index in [1.165, 1.54) is 12.7 Å². The van der Waals surface area contributed by atoms with Crippen LogP contribution in [0.5, 0.6) is 11.5 Å². The molecule has 1 N–H and O–H groups in total. The van der Waals surface area contributed by atoms with Gasteiger partial charge in [-0.1, -0.05) is 12.1 Å². The van der Waals surface area contributed by atoms with Crippen LogP contribution in [0.2, 0.25) is 0 Å². The van der Waals surface area contributed by atoms with Crippen molar-refractivity contribution in [3.05, 3.63) is 77.5 Å². The fourth-order valence-corrected chi connectivity index (χ4v) is 3.45. The van der Waals surface area contributed by atoms with Crippen molar-refractivity contribution >= 4 is 17.3 Å². The third-order valence-electron chi connectivity index (χ3n) is 5.01. The number of hydrogen-bond acceptors (Lipinski definition) is 5. The highest BCUT2D eigenvalue weighted by molar-refractivity contribution is 6.08. The lowest BCUT2D eigenvalue weighted by Gasteiger charge is -2.21. The predicted molar refractivity (Wildman–Crippen MR) is 114 cm³/mol. The van der Waals surface area contributed by atoms with Gasteiger partial charge in [0, 0.05) is 18.0 Å². The topological polar surface area (TPSA) is 63.2 Å². The van der Waals surface area contributed by atoms with Crippen LogP contribution in [0.15, 0.2) is 71.4 Å². The summed E-state index contributed by atoms with van der Waals surface area (Å²) >= 11 is 0. The van der Waals surface area contributed by atoms with Crippen molar-refractivity contribution in [1.82, 2.24) is 4.90 Å². The number of aliphatic imine (C=N–C) groups is 1. The largest absolute Gasteiger partial charge is 0.497 e. The Morgan fingerprint density at radius 1 is 1.17 bits per heavy atom. The Morgan fingerprint density at radius 2 is 2.03 bits per heavy atom. The van der Waals surface area contributed by atoms with Crippen LogP contribution >= 0.6 is 0 Å². The molecule has 0 radical (unpaired) electrons. The lowest BCUT2D eigenvalue weighted by atomic mass is 10.1. The number of ether oxygens (including phenoxy) is 2. The van der Waals surface area contributed by atoms with E-state index in [1.54, 1.807) is 25.3 Å². The van der Waals surface area contributed by atoms with Crippen molar-refractivity contribution in [1.29, 1.82) is 0 Å². The molecule has 1 unspecified atom stereocenters. The molecule has 6 heteroatoms. The molecule has 0 aliphatic carbocycles.